The van der Waals surface area contributed by atoms with Gasteiger partial charge in [-0.05, 0) is 19.2 Å². The third-order valence-corrected chi connectivity index (χ3v) is 1.80. The number of anilines is 1. The van der Waals surface area contributed by atoms with Crippen LogP contribution in [0.25, 0.3) is 0 Å². The van der Waals surface area contributed by atoms with Gasteiger partial charge in [-0.1, -0.05) is 0 Å². The zero-order valence-corrected chi connectivity index (χ0v) is 7.92. The van der Waals surface area contributed by atoms with E-state index in [0.29, 0.717) is 5.82 Å². The molecule has 1 rings (SSSR count). The summed E-state index contributed by atoms with van der Waals surface area (Å²) in [5.41, 5.74) is 0. The van der Waals surface area contributed by atoms with E-state index in [4.69, 9.17) is 0 Å². The van der Waals surface area contributed by atoms with Crippen molar-refractivity contribution in [3.63, 3.8) is 0 Å². The van der Waals surface area contributed by atoms with Crippen molar-refractivity contribution in [1.29, 1.82) is 0 Å². The molecule has 13 heavy (non-hydrogen) atoms. The topological polar surface area (TPSA) is 28.2 Å². The fourth-order valence-electron chi connectivity index (χ4n) is 1.04. The Hall–Kier alpha value is -1.16. The smallest absolute Gasteiger partial charge is 0.165 e. The lowest BCUT2D eigenvalue weighted by Crippen LogP contribution is -2.28. The highest BCUT2D eigenvalue weighted by Crippen LogP contribution is 2.12. The fourth-order valence-corrected chi connectivity index (χ4v) is 1.04. The zero-order chi connectivity index (χ0) is 9.68. The Morgan fingerprint density at radius 3 is 3.00 bits per heavy atom. The van der Waals surface area contributed by atoms with Gasteiger partial charge in [0.15, 0.2) is 11.6 Å². The first kappa shape index (κ1) is 9.92. The Kier molecular flexibility index (Phi) is 3.64. The monoisotopic (exact) mass is 183 g/mol. The minimum absolute atomic E-state index is 0.277. The second-order valence-corrected chi connectivity index (χ2v) is 2.83. The quantitative estimate of drug-likeness (QED) is 0.751. The molecule has 72 valence electrons. The summed E-state index contributed by atoms with van der Waals surface area (Å²) in [5.74, 6) is 0.124. The van der Waals surface area contributed by atoms with Crippen molar-refractivity contribution in [2.24, 2.45) is 0 Å². The van der Waals surface area contributed by atoms with Gasteiger partial charge in [0, 0.05) is 26.3 Å². The summed E-state index contributed by atoms with van der Waals surface area (Å²) < 4.78 is 13.1. The van der Waals surface area contributed by atoms with Crippen LogP contribution in [0.2, 0.25) is 0 Å². The molecule has 0 aromatic carbocycles. The van der Waals surface area contributed by atoms with Crippen molar-refractivity contribution in [3.05, 3.63) is 24.1 Å². The summed E-state index contributed by atoms with van der Waals surface area (Å²) in [6.45, 7) is 1.55. The van der Waals surface area contributed by atoms with Gasteiger partial charge in [-0.15, -0.1) is 0 Å². The molecule has 0 aliphatic heterocycles. The molecule has 3 nitrogen and oxygen atoms in total. The number of pyridine rings is 1. The molecule has 0 fully saturated rings. The molecule has 0 bridgehead atoms. The van der Waals surface area contributed by atoms with Gasteiger partial charge in [0.1, 0.15) is 0 Å². The predicted octanol–water partition coefficient (Wildman–Crippen LogP) is 0.876. The maximum absolute atomic E-state index is 13.1. The Balaban J connectivity index is 2.65. The molecule has 0 saturated heterocycles. The van der Waals surface area contributed by atoms with Gasteiger partial charge in [0.25, 0.3) is 0 Å². The predicted molar refractivity (Wildman–Crippen MR) is 51.4 cm³/mol. The summed E-state index contributed by atoms with van der Waals surface area (Å²) in [4.78, 5) is 5.74. The average Bonchev–Trinajstić information content (AvgIpc) is 2.15. The summed E-state index contributed by atoms with van der Waals surface area (Å²) in [6.07, 6.45) is 1.59. The summed E-state index contributed by atoms with van der Waals surface area (Å²) in [5, 5.41) is 3.00. The Morgan fingerprint density at radius 1 is 1.62 bits per heavy atom. The van der Waals surface area contributed by atoms with E-state index >= 15 is 0 Å². The first-order valence-corrected chi connectivity index (χ1v) is 4.22. The van der Waals surface area contributed by atoms with E-state index in [2.05, 4.69) is 10.3 Å². The highest BCUT2D eigenvalue weighted by atomic mass is 19.1. The van der Waals surface area contributed by atoms with Crippen LogP contribution in [0.3, 0.4) is 0 Å². The second kappa shape index (κ2) is 4.77. The number of hydrogen-bond donors (Lipinski definition) is 1. The van der Waals surface area contributed by atoms with Crippen molar-refractivity contribution < 1.29 is 4.39 Å². The van der Waals surface area contributed by atoms with Crippen molar-refractivity contribution in [3.8, 4) is 0 Å². The summed E-state index contributed by atoms with van der Waals surface area (Å²) >= 11 is 0. The first-order valence-electron chi connectivity index (χ1n) is 4.22. The molecule has 0 saturated carbocycles. The number of aromatic nitrogens is 1. The van der Waals surface area contributed by atoms with Crippen LogP contribution in [0.1, 0.15) is 0 Å². The van der Waals surface area contributed by atoms with Crippen LogP contribution in [0.15, 0.2) is 18.3 Å². The molecule has 1 N–H and O–H groups in total. The Bertz CT molecular complexity index is 265. The number of nitrogens with zero attached hydrogens (tertiary/aromatic N) is 2. The van der Waals surface area contributed by atoms with E-state index in [1.165, 1.54) is 6.07 Å². The van der Waals surface area contributed by atoms with Crippen molar-refractivity contribution in [2.75, 3.05) is 32.1 Å². The number of likely N-dealkylation sites (N-methyl/N-ethyl adjacent to an activating group) is 2. The molecule has 0 spiro atoms. The SMILES string of the molecule is CNCCN(C)c1ncccc1F. The maximum Gasteiger partial charge on any atom is 0.165 e. The van der Waals surface area contributed by atoms with Gasteiger partial charge >= 0.3 is 0 Å². The van der Waals surface area contributed by atoms with Gasteiger partial charge in [0.2, 0.25) is 0 Å². The molecular weight excluding hydrogens is 169 g/mol. The zero-order valence-electron chi connectivity index (χ0n) is 7.92. The average molecular weight is 183 g/mol. The Labute approximate surface area is 77.6 Å². The highest BCUT2D eigenvalue weighted by molar-refractivity contribution is 5.38. The van der Waals surface area contributed by atoms with Gasteiger partial charge in [-0.3, -0.25) is 0 Å². The third kappa shape index (κ3) is 2.66. The molecule has 0 amide bonds. The number of nitrogens with one attached hydrogen (secondary N) is 1. The fraction of sp³-hybridized carbons (Fsp3) is 0.444. The largest absolute Gasteiger partial charge is 0.356 e. The molecule has 0 aliphatic carbocycles. The molecule has 1 aromatic heterocycles. The lowest BCUT2D eigenvalue weighted by Gasteiger charge is -2.17. The van der Waals surface area contributed by atoms with Crippen LogP contribution in [0.4, 0.5) is 10.2 Å². The van der Waals surface area contributed by atoms with Crippen molar-refractivity contribution >= 4 is 5.82 Å². The van der Waals surface area contributed by atoms with E-state index in [0.717, 1.165) is 13.1 Å². The molecule has 1 heterocycles. The lowest BCUT2D eigenvalue weighted by atomic mass is 10.4. The maximum atomic E-state index is 13.1. The summed E-state index contributed by atoms with van der Waals surface area (Å²) in [7, 11) is 3.69. The lowest BCUT2D eigenvalue weighted by molar-refractivity contribution is 0.613. The molecule has 1 aromatic rings. The Morgan fingerprint density at radius 2 is 2.38 bits per heavy atom. The third-order valence-electron chi connectivity index (χ3n) is 1.80. The second-order valence-electron chi connectivity index (χ2n) is 2.83. The molecule has 0 radical (unpaired) electrons. The first-order chi connectivity index (χ1) is 6.25. The normalized spacial score (nSPS) is 10.1. The van der Waals surface area contributed by atoms with Crippen LogP contribution < -0.4 is 10.2 Å². The van der Waals surface area contributed by atoms with Crippen molar-refractivity contribution in [2.45, 2.75) is 0 Å². The van der Waals surface area contributed by atoms with E-state index in [1.54, 1.807) is 17.2 Å². The number of halogens is 1. The highest BCUT2D eigenvalue weighted by Gasteiger charge is 2.06. The van der Waals surface area contributed by atoms with Crippen LogP contribution in [-0.4, -0.2) is 32.2 Å². The van der Waals surface area contributed by atoms with Crippen LogP contribution >= 0.6 is 0 Å². The van der Waals surface area contributed by atoms with Crippen molar-refractivity contribution in [1.82, 2.24) is 10.3 Å². The molecule has 0 aliphatic rings. The number of rotatable bonds is 4. The van der Waals surface area contributed by atoms with E-state index in [9.17, 15) is 4.39 Å². The number of hydrogen-bond acceptors (Lipinski definition) is 3. The molecule has 0 atom stereocenters. The van der Waals surface area contributed by atoms with Crippen LogP contribution in [-0.2, 0) is 0 Å². The molecule has 0 unspecified atom stereocenters. The van der Waals surface area contributed by atoms with E-state index in [-0.39, 0.29) is 5.82 Å². The summed E-state index contributed by atoms with van der Waals surface area (Å²) in [6, 6.07) is 3.00. The minimum Gasteiger partial charge on any atom is -0.356 e. The van der Waals surface area contributed by atoms with Crippen LogP contribution in [0, 0.1) is 5.82 Å². The molecule has 4 heteroatoms. The van der Waals surface area contributed by atoms with E-state index < -0.39 is 0 Å². The minimum atomic E-state index is -0.277. The van der Waals surface area contributed by atoms with Gasteiger partial charge in [-0.2, -0.15) is 0 Å². The van der Waals surface area contributed by atoms with Gasteiger partial charge in [-0.25, -0.2) is 9.37 Å². The van der Waals surface area contributed by atoms with E-state index in [1.807, 2.05) is 14.1 Å². The van der Waals surface area contributed by atoms with Gasteiger partial charge in [0.05, 0.1) is 0 Å². The molecular formula is C9H14FN3. The standard InChI is InChI=1S/C9H14FN3/c1-11-6-7-13(2)9-8(10)4-3-5-12-9/h3-5,11H,6-7H2,1-2H3. The van der Waals surface area contributed by atoms with Crippen LogP contribution in [0.5, 0.6) is 0 Å². The van der Waals surface area contributed by atoms with Gasteiger partial charge < -0.3 is 10.2 Å².